The zero-order valence-electron chi connectivity index (χ0n) is 15.1. The highest BCUT2D eigenvalue weighted by atomic mass is 79.9. The van der Waals surface area contributed by atoms with Gasteiger partial charge >= 0.3 is 5.97 Å². The van der Waals surface area contributed by atoms with Crippen molar-refractivity contribution < 1.29 is 18.7 Å². The van der Waals surface area contributed by atoms with Crippen LogP contribution >= 0.6 is 38.9 Å². The number of halogens is 3. The largest absolute Gasteiger partial charge is 0.452 e. The molecule has 29 heavy (non-hydrogen) atoms. The average molecular weight is 498 g/mol. The van der Waals surface area contributed by atoms with Crippen molar-refractivity contribution in [2.24, 2.45) is 0 Å². The maximum Gasteiger partial charge on any atom is 0.312 e. The number of hydrogen-bond donors (Lipinski definition) is 1. The monoisotopic (exact) mass is 496 g/mol. The van der Waals surface area contributed by atoms with Crippen LogP contribution in [0, 0.1) is 5.82 Å². The van der Waals surface area contributed by atoms with Crippen molar-refractivity contribution in [3.8, 4) is 10.6 Å². The molecule has 1 atom stereocenters. The standard InChI is InChI=1S/C20H15BrClFN2O3S/c1-11(19(27)25-17-6-5-13(21)8-16(17)23)28-18(26)9-15-10-29-20(24-15)12-3-2-4-14(22)7-12/h2-8,10-11H,9H2,1H3,(H,25,27). The number of rotatable bonds is 6. The van der Waals surface area contributed by atoms with E-state index in [0.717, 1.165) is 10.6 Å². The lowest BCUT2D eigenvalue weighted by molar-refractivity contribution is -0.152. The molecule has 0 bridgehead atoms. The lowest BCUT2D eigenvalue weighted by atomic mass is 10.2. The number of hydrogen-bond acceptors (Lipinski definition) is 5. The van der Waals surface area contributed by atoms with Crippen LogP contribution in [0.15, 0.2) is 52.3 Å². The first-order valence-corrected chi connectivity index (χ1v) is 10.5. The van der Waals surface area contributed by atoms with Crippen molar-refractivity contribution in [2.45, 2.75) is 19.4 Å². The molecule has 0 saturated carbocycles. The van der Waals surface area contributed by atoms with Crippen molar-refractivity contribution in [3.63, 3.8) is 0 Å². The number of thiazole rings is 1. The molecule has 3 aromatic rings. The minimum Gasteiger partial charge on any atom is -0.452 e. The predicted molar refractivity (Wildman–Crippen MR) is 115 cm³/mol. The predicted octanol–water partition coefficient (Wildman–Crippen LogP) is 5.48. The summed E-state index contributed by atoms with van der Waals surface area (Å²) < 4.78 is 19.5. The molecule has 1 aromatic heterocycles. The minimum atomic E-state index is -1.09. The molecule has 0 spiro atoms. The molecule has 0 radical (unpaired) electrons. The molecular weight excluding hydrogens is 483 g/mol. The summed E-state index contributed by atoms with van der Waals surface area (Å²) in [5.41, 5.74) is 1.39. The van der Waals surface area contributed by atoms with E-state index in [4.69, 9.17) is 16.3 Å². The van der Waals surface area contributed by atoms with Gasteiger partial charge in [-0.1, -0.05) is 39.7 Å². The third-order valence-corrected chi connectivity index (χ3v) is 5.48. The van der Waals surface area contributed by atoms with Gasteiger partial charge in [0.25, 0.3) is 5.91 Å². The summed E-state index contributed by atoms with van der Waals surface area (Å²) in [7, 11) is 0. The molecule has 1 unspecified atom stereocenters. The molecule has 3 rings (SSSR count). The van der Waals surface area contributed by atoms with Gasteiger partial charge < -0.3 is 10.1 Å². The summed E-state index contributed by atoms with van der Waals surface area (Å²) in [5, 5.41) is 5.48. The second-order valence-electron chi connectivity index (χ2n) is 6.08. The van der Waals surface area contributed by atoms with Gasteiger partial charge in [-0.3, -0.25) is 9.59 Å². The molecule has 0 fully saturated rings. The number of esters is 1. The number of aromatic nitrogens is 1. The Hall–Kier alpha value is -2.29. The zero-order chi connectivity index (χ0) is 21.0. The lowest BCUT2D eigenvalue weighted by Gasteiger charge is -2.13. The smallest absolute Gasteiger partial charge is 0.312 e. The number of carbonyl (C=O) groups is 2. The summed E-state index contributed by atoms with van der Waals surface area (Å²) >= 11 is 10.5. The van der Waals surface area contributed by atoms with Crippen molar-refractivity contribution in [1.29, 1.82) is 0 Å². The molecular formula is C20H15BrClFN2O3S. The van der Waals surface area contributed by atoms with E-state index in [1.54, 1.807) is 23.6 Å². The van der Waals surface area contributed by atoms with Gasteiger partial charge in [-0.25, -0.2) is 9.37 Å². The van der Waals surface area contributed by atoms with E-state index in [1.165, 1.54) is 30.4 Å². The highest BCUT2D eigenvalue weighted by Crippen LogP contribution is 2.26. The van der Waals surface area contributed by atoms with Crippen LogP contribution in [-0.4, -0.2) is 23.0 Å². The topological polar surface area (TPSA) is 68.3 Å². The van der Waals surface area contributed by atoms with E-state index < -0.39 is 23.8 Å². The first-order chi connectivity index (χ1) is 13.8. The van der Waals surface area contributed by atoms with Gasteiger partial charge in [-0.05, 0) is 37.3 Å². The summed E-state index contributed by atoms with van der Waals surface area (Å²) in [5.74, 6) is -1.83. The lowest BCUT2D eigenvalue weighted by Crippen LogP contribution is -2.30. The fraction of sp³-hybridized carbons (Fsp3) is 0.150. The Kier molecular flexibility index (Phi) is 7.00. The van der Waals surface area contributed by atoms with Gasteiger partial charge in [-0.15, -0.1) is 11.3 Å². The van der Waals surface area contributed by atoms with Gasteiger partial charge in [0, 0.05) is 20.4 Å². The van der Waals surface area contributed by atoms with Gasteiger partial charge in [0.15, 0.2) is 6.10 Å². The third-order valence-electron chi connectivity index (χ3n) is 3.82. The van der Waals surface area contributed by atoms with Crippen LogP contribution in [0.25, 0.3) is 10.6 Å². The fourth-order valence-electron chi connectivity index (χ4n) is 2.41. The number of carbonyl (C=O) groups excluding carboxylic acids is 2. The van der Waals surface area contributed by atoms with Gasteiger partial charge in [0.05, 0.1) is 17.8 Å². The van der Waals surface area contributed by atoms with Gasteiger partial charge in [0.1, 0.15) is 10.8 Å². The Labute approximate surface area is 184 Å². The second kappa shape index (κ2) is 9.47. The van der Waals surface area contributed by atoms with Crippen LogP contribution < -0.4 is 5.32 Å². The van der Waals surface area contributed by atoms with Crippen molar-refractivity contribution >= 4 is 56.4 Å². The third kappa shape index (κ3) is 5.85. The zero-order valence-corrected chi connectivity index (χ0v) is 18.3. The maximum atomic E-state index is 13.8. The Morgan fingerprint density at radius 1 is 1.31 bits per heavy atom. The molecule has 9 heteroatoms. The molecule has 1 N–H and O–H groups in total. The summed E-state index contributed by atoms with van der Waals surface area (Å²) in [6.07, 6.45) is -1.17. The molecule has 0 saturated heterocycles. The van der Waals surface area contributed by atoms with Crippen LogP contribution in [0.3, 0.4) is 0 Å². The molecule has 1 amide bonds. The fourth-order valence-corrected chi connectivity index (χ4v) is 3.75. The van der Waals surface area contributed by atoms with Crippen LogP contribution in [0.4, 0.5) is 10.1 Å². The summed E-state index contributed by atoms with van der Waals surface area (Å²) in [6.45, 7) is 1.42. The van der Waals surface area contributed by atoms with Crippen LogP contribution in [-0.2, 0) is 20.7 Å². The van der Waals surface area contributed by atoms with Crippen LogP contribution in [0.1, 0.15) is 12.6 Å². The summed E-state index contributed by atoms with van der Waals surface area (Å²) in [4.78, 5) is 28.7. The summed E-state index contributed by atoms with van der Waals surface area (Å²) in [6, 6.07) is 11.5. The van der Waals surface area contributed by atoms with Crippen molar-refractivity contribution in [3.05, 3.63) is 68.9 Å². The van der Waals surface area contributed by atoms with Gasteiger partial charge in [0.2, 0.25) is 0 Å². The van der Waals surface area contributed by atoms with E-state index in [-0.39, 0.29) is 12.1 Å². The Morgan fingerprint density at radius 2 is 2.10 bits per heavy atom. The first kappa shape index (κ1) is 21.4. The molecule has 0 aliphatic rings. The number of nitrogens with one attached hydrogen (secondary N) is 1. The van der Waals surface area contributed by atoms with Crippen molar-refractivity contribution in [2.75, 3.05) is 5.32 Å². The minimum absolute atomic E-state index is 0.00626. The number of anilines is 1. The number of amides is 1. The number of nitrogens with zero attached hydrogens (tertiary/aromatic N) is 1. The molecule has 0 aliphatic heterocycles. The Balaban J connectivity index is 1.57. The molecule has 0 aliphatic carbocycles. The van der Waals surface area contributed by atoms with E-state index in [1.807, 2.05) is 12.1 Å². The van der Waals surface area contributed by atoms with Gasteiger partial charge in [-0.2, -0.15) is 0 Å². The SMILES string of the molecule is CC(OC(=O)Cc1csc(-c2cccc(Cl)c2)n1)C(=O)Nc1ccc(Br)cc1F. The van der Waals surface area contributed by atoms with E-state index in [9.17, 15) is 14.0 Å². The highest BCUT2D eigenvalue weighted by molar-refractivity contribution is 9.10. The molecule has 2 aromatic carbocycles. The Morgan fingerprint density at radius 3 is 2.83 bits per heavy atom. The quantitative estimate of drug-likeness (QED) is 0.458. The van der Waals surface area contributed by atoms with E-state index in [0.29, 0.717) is 15.2 Å². The first-order valence-electron chi connectivity index (χ1n) is 8.47. The Bertz CT molecular complexity index is 1060. The maximum absolute atomic E-state index is 13.8. The number of benzene rings is 2. The molecule has 150 valence electrons. The van der Waals surface area contributed by atoms with Crippen molar-refractivity contribution in [1.82, 2.24) is 4.98 Å². The van der Waals surface area contributed by atoms with Crippen LogP contribution in [0.5, 0.6) is 0 Å². The molecule has 1 heterocycles. The number of ether oxygens (including phenoxy) is 1. The highest BCUT2D eigenvalue weighted by Gasteiger charge is 2.20. The average Bonchev–Trinajstić information content (AvgIpc) is 3.12. The second-order valence-corrected chi connectivity index (χ2v) is 8.29. The normalized spacial score (nSPS) is 11.7. The molecule has 5 nitrogen and oxygen atoms in total. The van der Waals surface area contributed by atoms with Crippen LogP contribution in [0.2, 0.25) is 5.02 Å². The van der Waals surface area contributed by atoms with E-state index in [2.05, 4.69) is 26.2 Å². The van der Waals surface area contributed by atoms with E-state index >= 15 is 0 Å².